The maximum atomic E-state index is 12.3. The number of amides is 1. The van der Waals surface area contributed by atoms with E-state index in [4.69, 9.17) is 0 Å². The van der Waals surface area contributed by atoms with Crippen molar-refractivity contribution in [3.8, 4) is 0 Å². The van der Waals surface area contributed by atoms with Gasteiger partial charge in [-0.25, -0.2) is 0 Å². The van der Waals surface area contributed by atoms with Gasteiger partial charge in [0, 0.05) is 13.1 Å². The van der Waals surface area contributed by atoms with E-state index in [-0.39, 0.29) is 22.6 Å². The zero-order chi connectivity index (χ0) is 15.5. The molecule has 6 heteroatoms. The van der Waals surface area contributed by atoms with E-state index >= 15 is 0 Å². The first-order valence-corrected chi connectivity index (χ1v) is 7.32. The lowest BCUT2D eigenvalue weighted by molar-refractivity contribution is -0.384. The van der Waals surface area contributed by atoms with Gasteiger partial charge in [-0.15, -0.1) is 0 Å². The lowest BCUT2D eigenvalue weighted by atomic mass is 10.0. The highest BCUT2D eigenvalue weighted by molar-refractivity contribution is 6.00. The second-order valence-corrected chi connectivity index (χ2v) is 5.53. The van der Waals surface area contributed by atoms with Crippen molar-refractivity contribution in [2.24, 2.45) is 5.41 Å². The number of carbonyl (C=O) groups excluding carboxylic acids is 1. The normalized spacial score (nSPS) is 15.3. The molecule has 0 aromatic heterocycles. The first-order valence-electron chi connectivity index (χ1n) is 7.32. The summed E-state index contributed by atoms with van der Waals surface area (Å²) in [5, 5.41) is 17.1. The van der Waals surface area contributed by atoms with Crippen LogP contribution in [0.2, 0.25) is 0 Å². The van der Waals surface area contributed by atoms with Crippen molar-refractivity contribution < 1.29 is 9.72 Å². The molecule has 1 amide bonds. The van der Waals surface area contributed by atoms with Crippen LogP contribution in [-0.2, 0) is 0 Å². The summed E-state index contributed by atoms with van der Waals surface area (Å²) in [4.78, 5) is 23.1. The van der Waals surface area contributed by atoms with Gasteiger partial charge in [-0.2, -0.15) is 0 Å². The number of nitro benzene ring substituents is 1. The van der Waals surface area contributed by atoms with Crippen molar-refractivity contribution in [1.29, 1.82) is 0 Å². The van der Waals surface area contributed by atoms with Crippen LogP contribution in [0.5, 0.6) is 0 Å². The quantitative estimate of drug-likeness (QED) is 0.597. The summed E-state index contributed by atoms with van der Waals surface area (Å²) >= 11 is 0. The molecule has 0 bridgehead atoms. The average molecular weight is 291 g/mol. The summed E-state index contributed by atoms with van der Waals surface area (Å²) in [6.45, 7) is 5.11. The van der Waals surface area contributed by atoms with Gasteiger partial charge in [0.05, 0.1) is 4.92 Å². The Morgan fingerprint density at radius 3 is 2.62 bits per heavy atom. The molecule has 0 atom stereocenters. The van der Waals surface area contributed by atoms with Crippen molar-refractivity contribution in [2.75, 3.05) is 18.4 Å². The topological polar surface area (TPSA) is 84.3 Å². The van der Waals surface area contributed by atoms with Gasteiger partial charge in [-0.05, 0) is 43.7 Å². The number of para-hydroxylation sites is 1. The Hall–Kier alpha value is -2.11. The van der Waals surface area contributed by atoms with Crippen molar-refractivity contribution in [2.45, 2.75) is 33.1 Å². The molecular weight excluding hydrogens is 270 g/mol. The average Bonchev–Trinajstić information content (AvgIpc) is 3.25. The molecular formula is C15H21N3O3. The number of carbonyl (C=O) groups is 1. The van der Waals surface area contributed by atoms with Gasteiger partial charge in [0.1, 0.15) is 11.3 Å². The van der Waals surface area contributed by atoms with E-state index in [1.165, 1.54) is 6.07 Å². The molecule has 0 unspecified atom stereocenters. The van der Waals surface area contributed by atoms with Crippen molar-refractivity contribution in [3.05, 3.63) is 33.9 Å². The molecule has 1 aromatic rings. The van der Waals surface area contributed by atoms with Gasteiger partial charge in [-0.1, -0.05) is 13.0 Å². The molecule has 2 N–H and O–H groups in total. The minimum absolute atomic E-state index is 0.116. The molecule has 114 valence electrons. The van der Waals surface area contributed by atoms with Crippen LogP contribution >= 0.6 is 0 Å². The van der Waals surface area contributed by atoms with Crippen molar-refractivity contribution >= 4 is 17.3 Å². The third-order valence-corrected chi connectivity index (χ3v) is 4.16. The fraction of sp³-hybridized carbons (Fsp3) is 0.533. The van der Waals surface area contributed by atoms with Gasteiger partial charge in [0.25, 0.3) is 5.91 Å². The SMILES string of the molecule is CCNc1cccc(C(=O)NCC2(CC)CC2)c1[N+](=O)[O-]. The highest BCUT2D eigenvalue weighted by Gasteiger charge is 2.41. The van der Waals surface area contributed by atoms with Gasteiger partial charge >= 0.3 is 5.69 Å². The summed E-state index contributed by atoms with van der Waals surface area (Å²) in [5.74, 6) is -0.374. The molecule has 0 aliphatic heterocycles. The molecule has 0 radical (unpaired) electrons. The smallest absolute Gasteiger partial charge is 0.305 e. The van der Waals surface area contributed by atoms with Gasteiger partial charge in [-0.3, -0.25) is 14.9 Å². The largest absolute Gasteiger partial charge is 0.380 e. The Balaban J connectivity index is 2.19. The van der Waals surface area contributed by atoms with E-state index in [9.17, 15) is 14.9 Å². The molecule has 0 spiro atoms. The number of nitro groups is 1. The van der Waals surface area contributed by atoms with Crippen LogP contribution in [0.15, 0.2) is 18.2 Å². The monoisotopic (exact) mass is 291 g/mol. The Bertz CT molecular complexity index is 553. The Morgan fingerprint density at radius 1 is 1.38 bits per heavy atom. The number of anilines is 1. The van der Waals surface area contributed by atoms with Gasteiger partial charge in [0.15, 0.2) is 0 Å². The van der Waals surface area contributed by atoms with Gasteiger partial charge in [0.2, 0.25) is 0 Å². The predicted octanol–water partition coefficient (Wildman–Crippen LogP) is 2.95. The standard InChI is InChI=1S/C15H21N3O3/c1-3-15(8-9-15)10-17-14(19)11-6-5-7-12(16-4-2)13(11)18(20)21/h5-7,16H,3-4,8-10H2,1-2H3,(H,17,19). The molecule has 2 rings (SSSR count). The number of nitrogens with zero attached hydrogens (tertiary/aromatic N) is 1. The number of hydrogen-bond donors (Lipinski definition) is 2. The van der Waals surface area contributed by atoms with Crippen LogP contribution < -0.4 is 10.6 Å². The second-order valence-electron chi connectivity index (χ2n) is 5.53. The zero-order valence-corrected chi connectivity index (χ0v) is 12.4. The third-order valence-electron chi connectivity index (χ3n) is 4.16. The van der Waals surface area contributed by atoms with E-state index in [1.54, 1.807) is 12.1 Å². The number of hydrogen-bond acceptors (Lipinski definition) is 4. The number of nitrogens with one attached hydrogen (secondary N) is 2. The molecule has 0 saturated heterocycles. The summed E-state index contributed by atoms with van der Waals surface area (Å²) in [6, 6.07) is 4.78. The van der Waals surface area contributed by atoms with Crippen LogP contribution in [0, 0.1) is 15.5 Å². The minimum Gasteiger partial charge on any atom is -0.380 e. The molecule has 1 fully saturated rings. The molecule has 21 heavy (non-hydrogen) atoms. The van der Waals surface area contributed by atoms with Crippen LogP contribution in [0.25, 0.3) is 0 Å². The summed E-state index contributed by atoms with van der Waals surface area (Å²) in [7, 11) is 0. The molecule has 1 aromatic carbocycles. The first-order chi connectivity index (χ1) is 10.0. The van der Waals surface area contributed by atoms with E-state index in [1.807, 2.05) is 6.92 Å². The maximum Gasteiger partial charge on any atom is 0.305 e. The van der Waals surface area contributed by atoms with E-state index in [0.717, 1.165) is 19.3 Å². The zero-order valence-electron chi connectivity index (χ0n) is 12.4. The molecule has 0 heterocycles. The lowest BCUT2D eigenvalue weighted by Gasteiger charge is -2.14. The van der Waals surface area contributed by atoms with Crippen LogP contribution in [-0.4, -0.2) is 23.9 Å². The van der Waals surface area contributed by atoms with Crippen LogP contribution in [0.4, 0.5) is 11.4 Å². The summed E-state index contributed by atoms with van der Waals surface area (Å²) in [6.07, 6.45) is 3.25. The minimum atomic E-state index is -0.500. The van der Waals surface area contributed by atoms with Crippen LogP contribution in [0.1, 0.15) is 43.5 Å². The first kappa shape index (κ1) is 15.3. The Kier molecular flexibility index (Phi) is 4.45. The highest BCUT2D eigenvalue weighted by Crippen LogP contribution is 2.47. The lowest BCUT2D eigenvalue weighted by Crippen LogP contribution is -2.30. The van der Waals surface area contributed by atoms with Crippen molar-refractivity contribution in [3.63, 3.8) is 0 Å². The number of benzene rings is 1. The third kappa shape index (κ3) is 3.32. The van der Waals surface area contributed by atoms with E-state index in [0.29, 0.717) is 18.8 Å². The highest BCUT2D eigenvalue weighted by atomic mass is 16.6. The fourth-order valence-electron chi connectivity index (χ4n) is 2.45. The Morgan fingerprint density at radius 2 is 2.10 bits per heavy atom. The van der Waals surface area contributed by atoms with E-state index in [2.05, 4.69) is 17.6 Å². The van der Waals surface area contributed by atoms with Crippen LogP contribution in [0.3, 0.4) is 0 Å². The molecule has 6 nitrogen and oxygen atoms in total. The van der Waals surface area contributed by atoms with Gasteiger partial charge < -0.3 is 10.6 Å². The molecule has 1 saturated carbocycles. The molecule has 1 aliphatic rings. The molecule has 1 aliphatic carbocycles. The summed E-state index contributed by atoms with van der Waals surface area (Å²) in [5.41, 5.74) is 0.555. The van der Waals surface area contributed by atoms with E-state index < -0.39 is 4.92 Å². The Labute approximate surface area is 124 Å². The fourth-order valence-corrected chi connectivity index (χ4v) is 2.45. The number of rotatable bonds is 7. The predicted molar refractivity (Wildman–Crippen MR) is 81.6 cm³/mol. The maximum absolute atomic E-state index is 12.3. The van der Waals surface area contributed by atoms with Crippen molar-refractivity contribution in [1.82, 2.24) is 5.32 Å². The summed E-state index contributed by atoms with van der Waals surface area (Å²) < 4.78 is 0. The second kappa shape index (κ2) is 6.11.